The molecule has 1 atom stereocenters. The minimum atomic E-state index is -0.736. The summed E-state index contributed by atoms with van der Waals surface area (Å²) in [5.74, 6) is -0.484. The highest BCUT2D eigenvalue weighted by molar-refractivity contribution is 7.98. The fourth-order valence-corrected chi connectivity index (χ4v) is 2.41. The minimum Gasteiger partial charge on any atom is -0.481 e. The maximum atomic E-state index is 11.1. The van der Waals surface area contributed by atoms with Crippen molar-refractivity contribution in [2.75, 3.05) is 24.2 Å². The van der Waals surface area contributed by atoms with Crippen molar-refractivity contribution in [1.29, 1.82) is 0 Å². The monoisotopic (exact) mass is 295 g/mol. The number of benzene rings is 1. The molecule has 1 aromatic carbocycles. The number of carboxylic acids is 1. The number of rotatable bonds is 8. The lowest BCUT2D eigenvalue weighted by Gasteiger charge is -2.27. The second kappa shape index (κ2) is 8.20. The highest BCUT2D eigenvalue weighted by atomic mass is 32.2. The Morgan fingerprint density at radius 3 is 2.60 bits per heavy atom. The Morgan fingerprint density at radius 1 is 1.35 bits per heavy atom. The van der Waals surface area contributed by atoms with Crippen LogP contribution in [0.4, 0.5) is 5.69 Å². The third-order valence-electron chi connectivity index (χ3n) is 3.31. The molecule has 0 aliphatic rings. The minimum absolute atomic E-state index is 0.361. The van der Waals surface area contributed by atoms with Gasteiger partial charge in [0.15, 0.2) is 0 Å². The molecule has 0 spiro atoms. The third kappa shape index (κ3) is 5.45. The van der Waals surface area contributed by atoms with E-state index in [0.29, 0.717) is 12.5 Å². The summed E-state index contributed by atoms with van der Waals surface area (Å²) in [6, 6.07) is 8.32. The molecule has 1 N–H and O–H groups in total. The van der Waals surface area contributed by atoms with E-state index in [0.717, 1.165) is 18.7 Å². The van der Waals surface area contributed by atoms with Crippen LogP contribution in [0, 0.1) is 11.8 Å². The largest absolute Gasteiger partial charge is 0.481 e. The van der Waals surface area contributed by atoms with Gasteiger partial charge in [-0.25, -0.2) is 0 Å². The molecule has 0 radical (unpaired) electrons. The number of carboxylic acid groups (broad SMARTS) is 1. The van der Waals surface area contributed by atoms with Crippen LogP contribution in [0.25, 0.3) is 0 Å². The Morgan fingerprint density at radius 2 is 2.05 bits per heavy atom. The predicted octanol–water partition coefficient (Wildman–Crippen LogP) is 3.98. The van der Waals surface area contributed by atoms with Crippen molar-refractivity contribution in [2.45, 2.75) is 32.1 Å². The number of aliphatic carboxylic acids is 1. The number of carbonyl (C=O) groups is 1. The van der Waals surface area contributed by atoms with Crippen molar-refractivity contribution in [2.24, 2.45) is 11.8 Å². The summed E-state index contributed by atoms with van der Waals surface area (Å²) >= 11 is 1.71. The van der Waals surface area contributed by atoms with Crippen LogP contribution in [0.5, 0.6) is 0 Å². The summed E-state index contributed by atoms with van der Waals surface area (Å²) in [4.78, 5) is 14.5. The molecule has 0 fully saturated rings. The SMILES string of the molecule is CSc1cccc(N(CCC(C)C)CC(C)C(=O)O)c1. The zero-order valence-corrected chi connectivity index (χ0v) is 13.6. The fraction of sp³-hybridized carbons (Fsp3) is 0.562. The van der Waals surface area contributed by atoms with Gasteiger partial charge in [0, 0.05) is 23.7 Å². The van der Waals surface area contributed by atoms with Gasteiger partial charge in [-0.15, -0.1) is 11.8 Å². The topological polar surface area (TPSA) is 40.5 Å². The first-order valence-electron chi connectivity index (χ1n) is 7.05. The van der Waals surface area contributed by atoms with Gasteiger partial charge in [0.05, 0.1) is 5.92 Å². The molecule has 0 saturated heterocycles. The molecule has 112 valence electrons. The number of thioether (sulfide) groups is 1. The van der Waals surface area contributed by atoms with Crippen LogP contribution >= 0.6 is 11.8 Å². The summed E-state index contributed by atoms with van der Waals surface area (Å²) in [5, 5.41) is 9.13. The van der Waals surface area contributed by atoms with Gasteiger partial charge < -0.3 is 10.0 Å². The van der Waals surface area contributed by atoms with E-state index >= 15 is 0 Å². The average Bonchev–Trinajstić information content (AvgIpc) is 2.42. The van der Waals surface area contributed by atoms with Gasteiger partial charge in [-0.2, -0.15) is 0 Å². The lowest BCUT2D eigenvalue weighted by molar-refractivity contribution is -0.140. The van der Waals surface area contributed by atoms with E-state index in [2.05, 4.69) is 43.2 Å². The van der Waals surface area contributed by atoms with E-state index in [4.69, 9.17) is 5.11 Å². The van der Waals surface area contributed by atoms with E-state index in [1.807, 2.05) is 6.07 Å². The van der Waals surface area contributed by atoms with Crippen LogP contribution in [0.2, 0.25) is 0 Å². The number of hydrogen-bond donors (Lipinski definition) is 1. The molecule has 0 aliphatic carbocycles. The summed E-state index contributed by atoms with van der Waals surface area (Å²) < 4.78 is 0. The first kappa shape index (κ1) is 16.9. The van der Waals surface area contributed by atoms with Crippen molar-refractivity contribution in [3.8, 4) is 0 Å². The maximum Gasteiger partial charge on any atom is 0.308 e. The number of nitrogens with zero attached hydrogens (tertiary/aromatic N) is 1. The van der Waals surface area contributed by atoms with Gasteiger partial charge >= 0.3 is 5.97 Å². The van der Waals surface area contributed by atoms with Crippen molar-refractivity contribution in [3.05, 3.63) is 24.3 Å². The molecule has 0 bridgehead atoms. The van der Waals surface area contributed by atoms with Gasteiger partial charge in [0.25, 0.3) is 0 Å². The zero-order valence-electron chi connectivity index (χ0n) is 12.8. The summed E-state index contributed by atoms with van der Waals surface area (Å²) in [6.45, 7) is 7.60. The molecule has 1 rings (SSSR count). The molecule has 0 saturated carbocycles. The van der Waals surface area contributed by atoms with Crippen molar-refractivity contribution in [1.82, 2.24) is 0 Å². The Balaban J connectivity index is 2.86. The maximum absolute atomic E-state index is 11.1. The summed E-state index contributed by atoms with van der Waals surface area (Å²) in [5.41, 5.74) is 1.12. The number of anilines is 1. The van der Waals surface area contributed by atoms with Crippen LogP contribution in [0.1, 0.15) is 27.2 Å². The summed E-state index contributed by atoms with van der Waals surface area (Å²) in [7, 11) is 0. The normalized spacial score (nSPS) is 12.4. The molecule has 0 aromatic heterocycles. The van der Waals surface area contributed by atoms with E-state index in [1.54, 1.807) is 18.7 Å². The van der Waals surface area contributed by atoms with E-state index < -0.39 is 5.97 Å². The molecule has 3 nitrogen and oxygen atoms in total. The van der Waals surface area contributed by atoms with Gasteiger partial charge in [0.1, 0.15) is 0 Å². The second-order valence-corrected chi connectivity index (χ2v) is 6.45. The van der Waals surface area contributed by atoms with Gasteiger partial charge in [-0.05, 0) is 36.8 Å². The molecule has 1 unspecified atom stereocenters. The van der Waals surface area contributed by atoms with Crippen LogP contribution in [-0.2, 0) is 4.79 Å². The molecule has 0 aliphatic heterocycles. The first-order valence-corrected chi connectivity index (χ1v) is 8.28. The Hall–Kier alpha value is -1.16. The van der Waals surface area contributed by atoms with Gasteiger partial charge in [-0.3, -0.25) is 4.79 Å². The van der Waals surface area contributed by atoms with E-state index in [1.165, 1.54) is 4.90 Å². The Bertz CT molecular complexity index is 434. The van der Waals surface area contributed by atoms with Crippen molar-refractivity contribution >= 4 is 23.4 Å². The lowest BCUT2D eigenvalue weighted by Crippen LogP contribution is -2.33. The lowest BCUT2D eigenvalue weighted by atomic mass is 10.1. The summed E-state index contributed by atoms with van der Waals surface area (Å²) in [6.07, 6.45) is 3.12. The molecular weight excluding hydrogens is 270 g/mol. The molecule has 20 heavy (non-hydrogen) atoms. The van der Waals surface area contributed by atoms with Crippen LogP contribution < -0.4 is 4.90 Å². The predicted molar refractivity (Wildman–Crippen MR) is 86.7 cm³/mol. The standard InChI is InChI=1S/C16H25NO2S/c1-12(2)8-9-17(11-13(3)16(18)19)14-6-5-7-15(10-14)20-4/h5-7,10,12-13H,8-9,11H2,1-4H3,(H,18,19). The van der Waals surface area contributed by atoms with E-state index in [-0.39, 0.29) is 5.92 Å². The third-order valence-corrected chi connectivity index (χ3v) is 4.04. The zero-order chi connectivity index (χ0) is 15.1. The first-order chi connectivity index (χ1) is 9.43. The Kier molecular flexibility index (Phi) is 6.93. The van der Waals surface area contributed by atoms with Crippen molar-refractivity contribution < 1.29 is 9.90 Å². The Labute approximate surface area is 126 Å². The average molecular weight is 295 g/mol. The highest BCUT2D eigenvalue weighted by Gasteiger charge is 2.17. The van der Waals surface area contributed by atoms with Crippen LogP contribution in [0.15, 0.2) is 29.2 Å². The smallest absolute Gasteiger partial charge is 0.308 e. The second-order valence-electron chi connectivity index (χ2n) is 5.57. The highest BCUT2D eigenvalue weighted by Crippen LogP contribution is 2.23. The molecule has 0 heterocycles. The number of hydrogen-bond acceptors (Lipinski definition) is 3. The van der Waals surface area contributed by atoms with Gasteiger partial charge in [0.2, 0.25) is 0 Å². The molecule has 4 heteroatoms. The van der Waals surface area contributed by atoms with Crippen LogP contribution in [-0.4, -0.2) is 30.4 Å². The van der Waals surface area contributed by atoms with Gasteiger partial charge in [-0.1, -0.05) is 26.8 Å². The van der Waals surface area contributed by atoms with Crippen molar-refractivity contribution in [3.63, 3.8) is 0 Å². The molecule has 0 amide bonds. The van der Waals surface area contributed by atoms with E-state index in [9.17, 15) is 4.79 Å². The van der Waals surface area contributed by atoms with Crippen LogP contribution in [0.3, 0.4) is 0 Å². The molecular formula is C16H25NO2S. The molecule has 1 aromatic rings. The fourth-order valence-electron chi connectivity index (χ4n) is 1.96. The quantitative estimate of drug-likeness (QED) is 0.736.